The van der Waals surface area contributed by atoms with E-state index in [1.54, 1.807) is 0 Å². The van der Waals surface area contributed by atoms with E-state index in [0.717, 1.165) is 36.4 Å². The van der Waals surface area contributed by atoms with Crippen LogP contribution in [-0.4, -0.2) is 24.5 Å². The molecule has 4 aromatic rings. The molecule has 3 aromatic heterocycles. The van der Waals surface area contributed by atoms with Crippen molar-refractivity contribution in [2.45, 2.75) is 37.9 Å². The molecule has 6 nitrogen and oxygen atoms in total. The maximum atomic E-state index is 13.1. The third-order valence-electron chi connectivity index (χ3n) is 5.95. The number of hydrogen-bond acceptors (Lipinski definition) is 4. The number of nitrogens with two attached hydrogens (primary N) is 1. The lowest BCUT2D eigenvalue weighted by molar-refractivity contribution is -0.137. The van der Waals surface area contributed by atoms with Crippen molar-refractivity contribution in [1.29, 1.82) is 0 Å². The molecule has 0 radical (unpaired) electrons. The fourth-order valence-corrected chi connectivity index (χ4v) is 4.52. The maximum absolute atomic E-state index is 13.1. The van der Waals surface area contributed by atoms with Crippen molar-refractivity contribution in [2.75, 3.05) is 5.73 Å². The van der Waals surface area contributed by atoms with Gasteiger partial charge in [0.05, 0.1) is 27.0 Å². The van der Waals surface area contributed by atoms with Crippen LogP contribution in [0.3, 0.4) is 0 Å². The first-order valence-electron chi connectivity index (χ1n) is 9.63. The van der Waals surface area contributed by atoms with Crippen LogP contribution in [0.5, 0.6) is 0 Å². The van der Waals surface area contributed by atoms with Crippen LogP contribution in [0.15, 0.2) is 30.7 Å². The number of benzene rings is 1. The highest BCUT2D eigenvalue weighted by Gasteiger charge is 2.35. The molecule has 0 spiro atoms. The second-order valence-corrected chi connectivity index (χ2v) is 8.10. The van der Waals surface area contributed by atoms with Gasteiger partial charge in [-0.15, -0.1) is 0 Å². The Hall–Kier alpha value is -2.81. The Bertz CT molecular complexity index is 1240. The summed E-state index contributed by atoms with van der Waals surface area (Å²) in [7, 11) is 0. The molecule has 1 fully saturated rings. The Morgan fingerprint density at radius 2 is 2.07 bits per heavy atom. The number of aryl methyl sites for hydroxylation is 1. The number of hydrogen-bond donors (Lipinski definition) is 2. The normalized spacial score (nSPS) is 19.5. The summed E-state index contributed by atoms with van der Waals surface area (Å²) in [6.07, 6.45) is 2.60. The number of imidazole rings is 1. The predicted molar refractivity (Wildman–Crippen MR) is 108 cm³/mol. The zero-order chi connectivity index (χ0) is 21.0. The van der Waals surface area contributed by atoms with Gasteiger partial charge in [0.1, 0.15) is 23.6 Å². The fraction of sp³-hybridized carbons (Fsp3) is 0.350. The van der Waals surface area contributed by atoms with Crippen LogP contribution in [-0.2, 0) is 12.6 Å². The molecule has 5 rings (SSSR count). The van der Waals surface area contributed by atoms with Crippen molar-refractivity contribution in [2.24, 2.45) is 5.92 Å². The van der Waals surface area contributed by atoms with E-state index in [-0.39, 0.29) is 5.02 Å². The minimum absolute atomic E-state index is 0.312. The van der Waals surface area contributed by atoms with Crippen molar-refractivity contribution in [3.8, 4) is 0 Å². The van der Waals surface area contributed by atoms with Crippen molar-refractivity contribution >= 4 is 39.5 Å². The molecule has 1 aliphatic carbocycles. The van der Waals surface area contributed by atoms with E-state index >= 15 is 0 Å². The molecule has 3 N–H and O–H groups in total. The first-order chi connectivity index (χ1) is 14.3. The van der Waals surface area contributed by atoms with Crippen molar-refractivity contribution < 1.29 is 13.2 Å². The van der Waals surface area contributed by atoms with Crippen LogP contribution < -0.4 is 5.73 Å². The lowest BCUT2D eigenvalue weighted by Crippen LogP contribution is -2.29. The second-order valence-electron chi connectivity index (χ2n) is 7.69. The number of rotatable bonds is 4. The number of alkyl halides is 3. The molecule has 30 heavy (non-hydrogen) atoms. The molecule has 10 heteroatoms. The summed E-state index contributed by atoms with van der Waals surface area (Å²) in [4.78, 5) is 15.8. The number of nitrogen functional groups attached to an aromatic ring is 1. The number of nitrogens with zero attached hydrogens (tertiary/aromatic N) is 4. The zero-order valence-electron chi connectivity index (χ0n) is 15.7. The number of anilines is 1. The third kappa shape index (κ3) is 3.17. The summed E-state index contributed by atoms with van der Waals surface area (Å²) in [5.74, 6) is 1.56. The highest BCUT2D eigenvalue weighted by molar-refractivity contribution is 6.32. The zero-order valence-corrected chi connectivity index (χ0v) is 16.5. The van der Waals surface area contributed by atoms with Gasteiger partial charge in [0.2, 0.25) is 0 Å². The van der Waals surface area contributed by atoms with E-state index in [2.05, 4.69) is 24.5 Å². The first-order valence-corrected chi connectivity index (χ1v) is 10.0. The van der Waals surface area contributed by atoms with E-state index in [0.29, 0.717) is 41.1 Å². The minimum atomic E-state index is -4.50. The molecule has 1 aliphatic rings. The number of halogens is 4. The second kappa shape index (κ2) is 6.87. The Labute approximate surface area is 174 Å². The van der Waals surface area contributed by atoms with Crippen LogP contribution in [0.25, 0.3) is 22.1 Å². The molecular formula is C20H18ClF3N6. The van der Waals surface area contributed by atoms with Gasteiger partial charge in [-0.05, 0) is 43.4 Å². The molecule has 0 aliphatic heterocycles. The molecule has 156 valence electrons. The Morgan fingerprint density at radius 1 is 1.23 bits per heavy atom. The summed E-state index contributed by atoms with van der Waals surface area (Å²) in [6, 6.07) is 4.53. The summed E-state index contributed by atoms with van der Waals surface area (Å²) in [5, 5.41) is 0.505. The average molecular weight is 435 g/mol. The molecule has 0 unspecified atom stereocenters. The summed E-state index contributed by atoms with van der Waals surface area (Å²) < 4.78 is 41.3. The highest BCUT2D eigenvalue weighted by atomic mass is 35.5. The van der Waals surface area contributed by atoms with Crippen LogP contribution in [0.1, 0.15) is 36.7 Å². The molecule has 1 saturated carbocycles. The van der Waals surface area contributed by atoms with Crippen molar-refractivity contribution in [3.63, 3.8) is 0 Å². The average Bonchev–Trinajstić information content (AvgIpc) is 3.24. The van der Waals surface area contributed by atoms with E-state index in [9.17, 15) is 13.2 Å². The molecule has 0 amide bonds. The summed E-state index contributed by atoms with van der Waals surface area (Å²) in [5.41, 5.74) is 6.69. The third-order valence-corrected chi connectivity index (χ3v) is 6.26. The largest absolute Gasteiger partial charge is 0.417 e. The molecular weight excluding hydrogens is 417 g/mol. The summed E-state index contributed by atoms with van der Waals surface area (Å²) in [6.45, 7) is 0. The fourth-order valence-electron chi connectivity index (χ4n) is 4.25. The number of aromatic nitrogens is 5. The van der Waals surface area contributed by atoms with Crippen LogP contribution in [0.2, 0.25) is 5.02 Å². The smallest absolute Gasteiger partial charge is 0.383 e. The van der Waals surface area contributed by atoms with E-state index in [1.807, 2.05) is 12.3 Å². The van der Waals surface area contributed by atoms with Gasteiger partial charge in [-0.2, -0.15) is 13.2 Å². The highest BCUT2D eigenvalue weighted by Crippen LogP contribution is 2.43. The van der Waals surface area contributed by atoms with Gasteiger partial charge in [0, 0.05) is 18.7 Å². The monoisotopic (exact) mass is 434 g/mol. The minimum Gasteiger partial charge on any atom is -0.383 e. The van der Waals surface area contributed by atoms with Gasteiger partial charge in [-0.3, -0.25) is 0 Å². The Balaban J connectivity index is 1.33. The standard InChI is InChI=1S/C20H18ClF3N6/c21-13-8-15-14(7-12(13)20(22,23)24)28-17(29-15)4-2-10-1-3-16(10)30-6-5-11-18(25)26-9-27-19(11)30/h5-10,16H,1-4H2,(H,28,29)(H2,25,26,27)/t10-,16+/m0/s1. The molecule has 0 bridgehead atoms. The topological polar surface area (TPSA) is 85.4 Å². The van der Waals surface area contributed by atoms with Gasteiger partial charge < -0.3 is 15.3 Å². The van der Waals surface area contributed by atoms with Gasteiger partial charge in [-0.1, -0.05) is 11.6 Å². The van der Waals surface area contributed by atoms with Crippen molar-refractivity contribution in [3.05, 3.63) is 47.1 Å². The molecule has 0 saturated heterocycles. The molecule has 1 aromatic carbocycles. The number of fused-ring (bicyclic) bond motifs is 2. The Kier molecular flexibility index (Phi) is 4.39. The lowest BCUT2D eigenvalue weighted by atomic mass is 9.76. The van der Waals surface area contributed by atoms with Gasteiger partial charge in [-0.25, -0.2) is 15.0 Å². The van der Waals surface area contributed by atoms with Crippen LogP contribution >= 0.6 is 11.6 Å². The maximum Gasteiger partial charge on any atom is 0.417 e. The van der Waals surface area contributed by atoms with E-state index < -0.39 is 11.7 Å². The van der Waals surface area contributed by atoms with E-state index in [4.69, 9.17) is 17.3 Å². The SMILES string of the molecule is Nc1ncnc2c1ccn2[C@@H]1CC[C@H]1CCc1nc2cc(Cl)c(C(F)(F)F)cc2[nH]1. The first kappa shape index (κ1) is 19.2. The quantitative estimate of drug-likeness (QED) is 0.465. The van der Waals surface area contributed by atoms with Gasteiger partial charge >= 0.3 is 6.18 Å². The van der Waals surface area contributed by atoms with Crippen LogP contribution in [0, 0.1) is 5.92 Å². The van der Waals surface area contributed by atoms with Crippen LogP contribution in [0.4, 0.5) is 19.0 Å². The molecule has 3 heterocycles. The molecule has 2 atom stereocenters. The Morgan fingerprint density at radius 3 is 2.80 bits per heavy atom. The number of nitrogens with one attached hydrogen (secondary N) is 1. The van der Waals surface area contributed by atoms with E-state index in [1.165, 1.54) is 12.4 Å². The van der Waals surface area contributed by atoms with Gasteiger partial charge in [0.15, 0.2) is 0 Å². The number of aromatic amines is 1. The predicted octanol–water partition coefficient (Wildman–Crippen LogP) is 5.15. The lowest BCUT2D eigenvalue weighted by Gasteiger charge is -2.38. The van der Waals surface area contributed by atoms with Gasteiger partial charge in [0.25, 0.3) is 0 Å². The number of H-pyrrole nitrogens is 1. The van der Waals surface area contributed by atoms with Crippen molar-refractivity contribution in [1.82, 2.24) is 24.5 Å². The summed E-state index contributed by atoms with van der Waals surface area (Å²) >= 11 is 5.80.